The van der Waals surface area contributed by atoms with E-state index in [1.54, 1.807) is 0 Å². The third-order valence-corrected chi connectivity index (χ3v) is 4.70. The Morgan fingerprint density at radius 3 is 2.50 bits per heavy atom. The van der Waals surface area contributed by atoms with E-state index in [4.69, 9.17) is 0 Å². The van der Waals surface area contributed by atoms with Crippen LogP contribution in [0.1, 0.15) is 44.9 Å². The number of carbonyl (C=O) groups excluding carboxylic acids is 1. The molecule has 0 spiro atoms. The molecule has 2 bridgehead atoms. The fourth-order valence-electron chi connectivity index (χ4n) is 3.40. The van der Waals surface area contributed by atoms with Crippen LogP contribution in [0.5, 0.6) is 0 Å². The Bertz CT molecular complexity index is 304. The molecule has 2 aliphatic heterocycles. The minimum absolute atomic E-state index is 0.120. The lowest BCUT2D eigenvalue weighted by Gasteiger charge is -2.30. The average Bonchev–Trinajstić information content (AvgIpc) is 3.11. The fourth-order valence-corrected chi connectivity index (χ4v) is 3.40. The highest BCUT2D eigenvalue weighted by Gasteiger charge is 2.33. The van der Waals surface area contributed by atoms with Gasteiger partial charge < -0.3 is 15.5 Å². The molecule has 2 unspecified atom stereocenters. The van der Waals surface area contributed by atoms with Crippen molar-refractivity contribution in [3.63, 3.8) is 0 Å². The first-order valence-electron chi connectivity index (χ1n) is 7.48. The number of nitrogens with zero attached hydrogens (tertiary/aromatic N) is 1. The van der Waals surface area contributed by atoms with Crippen molar-refractivity contribution in [2.45, 2.75) is 63.1 Å². The van der Waals surface area contributed by atoms with Crippen LogP contribution in [-0.2, 0) is 0 Å². The number of hydrogen-bond acceptors (Lipinski definition) is 2. The van der Waals surface area contributed by atoms with Gasteiger partial charge in [0.1, 0.15) is 0 Å². The van der Waals surface area contributed by atoms with Gasteiger partial charge in [-0.1, -0.05) is 0 Å². The lowest BCUT2D eigenvalue weighted by Crippen LogP contribution is -2.41. The number of amides is 2. The number of rotatable bonds is 4. The van der Waals surface area contributed by atoms with E-state index in [-0.39, 0.29) is 6.03 Å². The summed E-state index contributed by atoms with van der Waals surface area (Å²) in [7, 11) is 1.92. The average molecular weight is 251 g/mol. The summed E-state index contributed by atoms with van der Waals surface area (Å²) < 4.78 is 0. The van der Waals surface area contributed by atoms with Gasteiger partial charge in [0, 0.05) is 31.7 Å². The van der Waals surface area contributed by atoms with Crippen molar-refractivity contribution < 1.29 is 4.79 Å². The molecule has 1 aliphatic carbocycles. The summed E-state index contributed by atoms with van der Waals surface area (Å²) in [4.78, 5) is 13.7. The van der Waals surface area contributed by atoms with Crippen molar-refractivity contribution in [1.82, 2.24) is 15.5 Å². The molecule has 2 heterocycles. The maximum atomic E-state index is 11.8. The zero-order valence-electron chi connectivity index (χ0n) is 11.3. The minimum Gasteiger partial charge on any atom is -0.335 e. The van der Waals surface area contributed by atoms with Crippen LogP contribution in [0.25, 0.3) is 0 Å². The number of hydrogen-bond donors (Lipinski definition) is 2. The Hall–Kier alpha value is -0.770. The first kappa shape index (κ1) is 12.3. The van der Waals surface area contributed by atoms with Gasteiger partial charge in [-0.25, -0.2) is 4.79 Å². The number of nitrogens with one attached hydrogen (secondary N) is 2. The largest absolute Gasteiger partial charge is 0.335 e. The Kier molecular flexibility index (Phi) is 3.46. The highest BCUT2D eigenvalue weighted by molar-refractivity contribution is 5.74. The van der Waals surface area contributed by atoms with E-state index in [2.05, 4.69) is 10.6 Å². The van der Waals surface area contributed by atoms with Crippen molar-refractivity contribution >= 4 is 6.03 Å². The van der Waals surface area contributed by atoms with Gasteiger partial charge in [0.25, 0.3) is 0 Å². The predicted octanol–water partition coefficient (Wildman–Crippen LogP) is 1.71. The Morgan fingerprint density at radius 2 is 1.89 bits per heavy atom. The van der Waals surface area contributed by atoms with Crippen LogP contribution < -0.4 is 10.6 Å². The van der Waals surface area contributed by atoms with Crippen molar-refractivity contribution in [2.24, 2.45) is 5.92 Å². The molecule has 0 aromatic heterocycles. The standard InChI is InChI=1S/C14H25N3O/c1-17(14(18)16-11-2-3-11)7-6-10-8-12-4-5-13(9-10)15-12/h10-13,15H,2-9H2,1H3,(H,16,18). The van der Waals surface area contributed by atoms with Crippen LogP contribution in [0.15, 0.2) is 0 Å². The van der Waals surface area contributed by atoms with Crippen LogP contribution >= 0.6 is 0 Å². The number of fused-ring (bicyclic) bond motifs is 2. The summed E-state index contributed by atoms with van der Waals surface area (Å²) in [6.45, 7) is 0.905. The second-order valence-electron chi connectivity index (χ2n) is 6.41. The maximum absolute atomic E-state index is 11.8. The highest BCUT2D eigenvalue weighted by atomic mass is 16.2. The monoisotopic (exact) mass is 251 g/mol. The first-order valence-corrected chi connectivity index (χ1v) is 7.48. The number of carbonyl (C=O) groups is 1. The summed E-state index contributed by atoms with van der Waals surface area (Å²) >= 11 is 0. The van der Waals surface area contributed by atoms with Crippen LogP contribution in [0.3, 0.4) is 0 Å². The Morgan fingerprint density at radius 1 is 1.22 bits per heavy atom. The van der Waals surface area contributed by atoms with E-state index in [1.165, 1.54) is 32.1 Å². The van der Waals surface area contributed by atoms with Gasteiger partial charge in [-0.15, -0.1) is 0 Å². The summed E-state index contributed by atoms with van der Waals surface area (Å²) in [5, 5.41) is 6.72. The van der Waals surface area contributed by atoms with E-state index in [9.17, 15) is 4.79 Å². The molecule has 4 heteroatoms. The maximum Gasteiger partial charge on any atom is 0.317 e. The predicted molar refractivity (Wildman–Crippen MR) is 71.5 cm³/mol. The van der Waals surface area contributed by atoms with Crippen LogP contribution in [0.4, 0.5) is 4.79 Å². The molecule has 0 radical (unpaired) electrons. The van der Waals surface area contributed by atoms with E-state index in [0.717, 1.165) is 37.4 Å². The second-order valence-corrected chi connectivity index (χ2v) is 6.41. The highest BCUT2D eigenvalue weighted by Crippen LogP contribution is 2.32. The fraction of sp³-hybridized carbons (Fsp3) is 0.929. The molecule has 0 aromatic carbocycles. The van der Waals surface area contributed by atoms with Gasteiger partial charge in [0.15, 0.2) is 0 Å². The number of piperidine rings is 1. The molecule has 2 saturated heterocycles. The van der Waals surface area contributed by atoms with Gasteiger partial charge in [-0.2, -0.15) is 0 Å². The van der Waals surface area contributed by atoms with Gasteiger partial charge in [0.05, 0.1) is 0 Å². The van der Waals surface area contributed by atoms with E-state index in [1.807, 2.05) is 11.9 Å². The smallest absolute Gasteiger partial charge is 0.317 e. The summed E-state index contributed by atoms with van der Waals surface area (Å²) in [5.41, 5.74) is 0. The van der Waals surface area contributed by atoms with Gasteiger partial charge >= 0.3 is 6.03 Å². The molecular weight excluding hydrogens is 226 g/mol. The van der Waals surface area contributed by atoms with Crippen LogP contribution in [0, 0.1) is 5.92 Å². The molecule has 2 amide bonds. The third-order valence-electron chi connectivity index (χ3n) is 4.70. The topological polar surface area (TPSA) is 44.4 Å². The van der Waals surface area contributed by atoms with Crippen molar-refractivity contribution in [2.75, 3.05) is 13.6 Å². The van der Waals surface area contributed by atoms with Crippen molar-refractivity contribution in [3.05, 3.63) is 0 Å². The molecule has 4 nitrogen and oxygen atoms in total. The molecule has 2 N–H and O–H groups in total. The molecule has 0 aromatic rings. The van der Waals surface area contributed by atoms with Crippen molar-refractivity contribution in [3.8, 4) is 0 Å². The lowest BCUT2D eigenvalue weighted by atomic mass is 9.89. The van der Waals surface area contributed by atoms with Crippen LogP contribution in [0.2, 0.25) is 0 Å². The normalized spacial score (nSPS) is 34.4. The molecule has 2 atom stereocenters. The molecule has 3 fully saturated rings. The Labute approximate surface area is 109 Å². The van der Waals surface area contributed by atoms with Crippen LogP contribution in [-0.4, -0.2) is 42.6 Å². The molecule has 3 rings (SSSR count). The zero-order valence-corrected chi connectivity index (χ0v) is 11.3. The summed E-state index contributed by atoms with van der Waals surface area (Å²) in [5.74, 6) is 0.819. The quantitative estimate of drug-likeness (QED) is 0.799. The molecule has 18 heavy (non-hydrogen) atoms. The van der Waals surface area contributed by atoms with Gasteiger partial charge in [-0.05, 0) is 50.9 Å². The molecular formula is C14H25N3O. The SMILES string of the molecule is CN(CCC1CC2CCC(C1)N2)C(=O)NC1CC1. The minimum atomic E-state index is 0.120. The van der Waals surface area contributed by atoms with Crippen molar-refractivity contribution in [1.29, 1.82) is 0 Å². The van der Waals surface area contributed by atoms with Gasteiger partial charge in [-0.3, -0.25) is 0 Å². The van der Waals surface area contributed by atoms with E-state index in [0.29, 0.717) is 6.04 Å². The first-order chi connectivity index (χ1) is 8.70. The van der Waals surface area contributed by atoms with E-state index >= 15 is 0 Å². The Balaban J connectivity index is 1.39. The second kappa shape index (κ2) is 5.08. The molecule has 1 saturated carbocycles. The molecule has 3 aliphatic rings. The zero-order chi connectivity index (χ0) is 12.5. The number of urea groups is 1. The lowest BCUT2D eigenvalue weighted by molar-refractivity contribution is 0.199. The summed E-state index contributed by atoms with van der Waals surface area (Å²) in [6, 6.07) is 2.11. The molecule has 102 valence electrons. The summed E-state index contributed by atoms with van der Waals surface area (Å²) in [6.07, 6.45) is 8.85. The van der Waals surface area contributed by atoms with E-state index < -0.39 is 0 Å². The third kappa shape index (κ3) is 2.97. The van der Waals surface area contributed by atoms with Gasteiger partial charge in [0.2, 0.25) is 0 Å².